The SMILES string of the molecule is CCN1CCC(CNC(=O)COc2cccc(N)c2)C1. The van der Waals surface area contributed by atoms with Gasteiger partial charge in [0.2, 0.25) is 0 Å². The first-order valence-electron chi connectivity index (χ1n) is 7.14. The molecule has 3 N–H and O–H groups in total. The van der Waals surface area contributed by atoms with Crippen LogP contribution in [0.1, 0.15) is 13.3 Å². The van der Waals surface area contributed by atoms with E-state index >= 15 is 0 Å². The number of likely N-dealkylation sites (tertiary alicyclic amines) is 1. The summed E-state index contributed by atoms with van der Waals surface area (Å²) in [5.41, 5.74) is 6.28. The number of hydrogen-bond acceptors (Lipinski definition) is 4. The number of anilines is 1. The molecular formula is C15H23N3O2. The van der Waals surface area contributed by atoms with Crippen molar-refractivity contribution in [2.24, 2.45) is 5.92 Å². The average Bonchev–Trinajstić information content (AvgIpc) is 2.91. The molecule has 1 fully saturated rings. The van der Waals surface area contributed by atoms with Gasteiger partial charge in [-0.3, -0.25) is 4.79 Å². The van der Waals surface area contributed by atoms with E-state index in [0.717, 1.165) is 32.6 Å². The zero-order valence-corrected chi connectivity index (χ0v) is 12.0. The van der Waals surface area contributed by atoms with Gasteiger partial charge in [0.15, 0.2) is 6.61 Å². The van der Waals surface area contributed by atoms with Crippen molar-refractivity contribution in [1.82, 2.24) is 10.2 Å². The molecule has 0 spiro atoms. The second kappa shape index (κ2) is 7.14. The van der Waals surface area contributed by atoms with Crippen molar-refractivity contribution in [1.29, 1.82) is 0 Å². The van der Waals surface area contributed by atoms with Gasteiger partial charge in [-0.2, -0.15) is 0 Å². The smallest absolute Gasteiger partial charge is 0.257 e. The minimum Gasteiger partial charge on any atom is -0.484 e. The third-order valence-electron chi connectivity index (χ3n) is 3.63. The summed E-state index contributed by atoms with van der Waals surface area (Å²) in [6.45, 7) is 6.23. The number of rotatable bonds is 6. The number of nitrogen functional groups attached to an aromatic ring is 1. The summed E-state index contributed by atoms with van der Waals surface area (Å²) in [5, 5.41) is 2.93. The van der Waals surface area contributed by atoms with E-state index in [4.69, 9.17) is 10.5 Å². The van der Waals surface area contributed by atoms with Crippen molar-refractivity contribution < 1.29 is 9.53 Å². The Morgan fingerprint density at radius 3 is 3.10 bits per heavy atom. The first-order chi connectivity index (χ1) is 9.67. The highest BCUT2D eigenvalue weighted by atomic mass is 16.5. The lowest BCUT2D eigenvalue weighted by Gasteiger charge is -2.14. The molecule has 0 aliphatic carbocycles. The molecule has 1 atom stereocenters. The van der Waals surface area contributed by atoms with Crippen LogP contribution in [0.25, 0.3) is 0 Å². The van der Waals surface area contributed by atoms with Crippen LogP contribution in [-0.2, 0) is 4.79 Å². The van der Waals surface area contributed by atoms with Crippen molar-refractivity contribution in [3.63, 3.8) is 0 Å². The van der Waals surface area contributed by atoms with Crippen LogP contribution in [0.15, 0.2) is 24.3 Å². The topological polar surface area (TPSA) is 67.6 Å². The molecule has 1 saturated heterocycles. The molecule has 1 aliphatic rings. The molecular weight excluding hydrogens is 254 g/mol. The van der Waals surface area contributed by atoms with Crippen LogP contribution < -0.4 is 15.8 Å². The van der Waals surface area contributed by atoms with Gasteiger partial charge in [0, 0.05) is 24.8 Å². The molecule has 5 heteroatoms. The molecule has 1 aromatic carbocycles. The number of ether oxygens (including phenoxy) is 1. The van der Waals surface area contributed by atoms with Crippen LogP contribution in [0.5, 0.6) is 5.75 Å². The zero-order chi connectivity index (χ0) is 14.4. The summed E-state index contributed by atoms with van der Waals surface area (Å²) in [4.78, 5) is 14.1. The maximum atomic E-state index is 11.7. The molecule has 2 rings (SSSR count). The Hall–Kier alpha value is -1.75. The van der Waals surface area contributed by atoms with Crippen molar-refractivity contribution >= 4 is 11.6 Å². The number of carbonyl (C=O) groups is 1. The lowest BCUT2D eigenvalue weighted by Crippen LogP contribution is -2.34. The van der Waals surface area contributed by atoms with Crippen LogP contribution in [0.4, 0.5) is 5.69 Å². The van der Waals surface area contributed by atoms with E-state index in [1.807, 2.05) is 0 Å². The average molecular weight is 277 g/mol. The van der Waals surface area contributed by atoms with E-state index in [1.54, 1.807) is 24.3 Å². The molecule has 1 heterocycles. The van der Waals surface area contributed by atoms with E-state index in [1.165, 1.54) is 0 Å². The van der Waals surface area contributed by atoms with E-state index in [2.05, 4.69) is 17.1 Å². The third kappa shape index (κ3) is 4.42. The first-order valence-corrected chi connectivity index (χ1v) is 7.14. The maximum Gasteiger partial charge on any atom is 0.257 e. The van der Waals surface area contributed by atoms with Crippen LogP contribution >= 0.6 is 0 Å². The van der Waals surface area contributed by atoms with Crippen molar-refractivity contribution in [3.05, 3.63) is 24.3 Å². The van der Waals surface area contributed by atoms with Gasteiger partial charge in [-0.15, -0.1) is 0 Å². The molecule has 0 radical (unpaired) electrons. The number of nitrogens with two attached hydrogens (primary N) is 1. The van der Waals surface area contributed by atoms with Gasteiger partial charge in [-0.25, -0.2) is 0 Å². The predicted octanol–water partition coefficient (Wildman–Crippen LogP) is 1.11. The second-order valence-corrected chi connectivity index (χ2v) is 5.21. The molecule has 1 amide bonds. The normalized spacial score (nSPS) is 18.9. The number of nitrogens with zero attached hydrogens (tertiary/aromatic N) is 1. The minimum atomic E-state index is -0.0811. The summed E-state index contributed by atoms with van der Waals surface area (Å²) in [6.07, 6.45) is 1.16. The van der Waals surface area contributed by atoms with Crippen LogP contribution in [-0.4, -0.2) is 43.6 Å². The van der Waals surface area contributed by atoms with Crippen LogP contribution in [0.3, 0.4) is 0 Å². The Balaban J connectivity index is 1.66. The summed E-state index contributed by atoms with van der Waals surface area (Å²) in [6, 6.07) is 7.09. The van der Waals surface area contributed by atoms with E-state index in [0.29, 0.717) is 17.4 Å². The molecule has 0 bridgehead atoms. The van der Waals surface area contributed by atoms with Crippen LogP contribution in [0, 0.1) is 5.92 Å². The van der Waals surface area contributed by atoms with Gasteiger partial charge in [0.05, 0.1) is 0 Å². The highest BCUT2D eigenvalue weighted by Gasteiger charge is 2.21. The molecule has 0 aromatic heterocycles. The fraction of sp³-hybridized carbons (Fsp3) is 0.533. The Morgan fingerprint density at radius 1 is 1.55 bits per heavy atom. The number of carbonyl (C=O) groups excluding carboxylic acids is 1. The molecule has 5 nitrogen and oxygen atoms in total. The molecule has 110 valence electrons. The Kier molecular flexibility index (Phi) is 5.24. The Morgan fingerprint density at radius 2 is 2.40 bits per heavy atom. The van der Waals surface area contributed by atoms with Gasteiger partial charge in [0.1, 0.15) is 5.75 Å². The van der Waals surface area contributed by atoms with Gasteiger partial charge in [0.25, 0.3) is 5.91 Å². The quantitative estimate of drug-likeness (QED) is 0.764. The molecule has 1 aliphatic heterocycles. The highest BCUT2D eigenvalue weighted by Crippen LogP contribution is 2.15. The number of benzene rings is 1. The van der Waals surface area contributed by atoms with Gasteiger partial charge >= 0.3 is 0 Å². The molecule has 1 aromatic rings. The summed E-state index contributed by atoms with van der Waals surface area (Å²) >= 11 is 0. The Bertz CT molecular complexity index is 450. The van der Waals surface area contributed by atoms with Gasteiger partial charge in [-0.05, 0) is 37.6 Å². The standard InChI is InChI=1S/C15H23N3O2/c1-2-18-7-6-12(10-18)9-17-15(19)11-20-14-5-3-4-13(16)8-14/h3-5,8,12H,2,6-7,9-11,16H2,1H3,(H,17,19). The fourth-order valence-electron chi connectivity index (χ4n) is 2.43. The van der Waals surface area contributed by atoms with Crippen LogP contribution in [0.2, 0.25) is 0 Å². The monoisotopic (exact) mass is 277 g/mol. The number of amides is 1. The van der Waals surface area contributed by atoms with E-state index < -0.39 is 0 Å². The summed E-state index contributed by atoms with van der Waals surface area (Å²) < 4.78 is 5.40. The third-order valence-corrected chi connectivity index (χ3v) is 3.63. The maximum absolute atomic E-state index is 11.7. The predicted molar refractivity (Wildman–Crippen MR) is 79.6 cm³/mol. The molecule has 20 heavy (non-hydrogen) atoms. The number of nitrogens with one attached hydrogen (secondary N) is 1. The molecule has 0 saturated carbocycles. The zero-order valence-electron chi connectivity index (χ0n) is 12.0. The minimum absolute atomic E-state index is 0.0354. The summed E-state index contributed by atoms with van der Waals surface area (Å²) in [7, 11) is 0. The largest absolute Gasteiger partial charge is 0.484 e. The van der Waals surface area contributed by atoms with Crippen molar-refractivity contribution in [3.8, 4) is 5.75 Å². The van der Waals surface area contributed by atoms with Crippen molar-refractivity contribution in [2.75, 3.05) is 38.5 Å². The van der Waals surface area contributed by atoms with Gasteiger partial charge in [-0.1, -0.05) is 13.0 Å². The second-order valence-electron chi connectivity index (χ2n) is 5.21. The lowest BCUT2D eigenvalue weighted by atomic mass is 10.1. The van der Waals surface area contributed by atoms with E-state index in [9.17, 15) is 4.79 Å². The Labute approximate surface area is 120 Å². The fourth-order valence-corrected chi connectivity index (χ4v) is 2.43. The lowest BCUT2D eigenvalue weighted by molar-refractivity contribution is -0.123. The molecule has 1 unspecified atom stereocenters. The highest BCUT2D eigenvalue weighted by molar-refractivity contribution is 5.77. The first kappa shape index (κ1) is 14.7. The summed E-state index contributed by atoms with van der Waals surface area (Å²) in [5.74, 6) is 1.10. The number of hydrogen-bond donors (Lipinski definition) is 2. The van der Waals surface area contributed by atoms with Crippen molar-refractivity contribution in [2.45, 2.75) is 13.3 Å². The van der Waals surface area contributed by atoms with E-state index in [-0.39, 0.29) is 12.5 Å². The van der Waals surface area contributed by atoms with Gasteiger partial charge < -0.3 is 20.7 Å².